The third kappa shape index (κ3) is 2.46. The molecule has 0 bridgehead atoms. The Balaban J connectivity index is 1.97. The number of hydrogen-bond donors (Lipinski definition) is 0. The average molecular weight is 292 g/mol. The van der Waals surface area contributed by atoms with E-state index in [9.17, 15) is 9.90 Å². The standard InChI is InChI=1S/C13H15N3O3S/c1-8-6-10(12-14-9(7-20-12)13(17)18)16(15-8)11-4-2-3-5-19-11/h6-7,11H,2-5H2,1H3,(H,17,18)/p-1. The smallest absolute Gasteiger partial charge is 0.150 e. The molecule has 1 unspecified atom stereocenters. The Hall–Kier alpha value is -1.73. The van der Waals surface area contributed by atoms with E-state index in [1.165, 1.54) is 16.7 Å². The Labute approximate surface area is 120 Å². The van der Waals surface area contributed by atoms with Crippen LogP contribution in [0.3, 0.4) is 0 Å². The lowest BCUT2D eigenvalue weighted by Crippen LogP contribution is -2.22. The molecule has 0 aliphatic carbocycles. The number of aromatic nitrogens is 3. The summed E-state index contributed by atoms with van der Waals surface area (Å²) >= 11 is 1.27. The van der Waals surface area contributed by atoms with Gasteiger partial charge in [-0.3, -0.25) is 0 Å². The highest BCUT2D eigenvalue weighted by atomic mass is 32.1. The topological polar surface area (TPSA) is 80.1 Å². The molecule has 0 saturated carbocycles. The predicted octanol–water partition coefficient (Wildman–Crippen LogP) is 1.38. The molecular weight excluding hydrogens is 278 g/mol. The Bertz CT molecular complexity index is 629. The molecule has 1 aliphatic heterocycles. The first-order chi connectivity index (χ1) is 9.65. The van der Waals surface area contributed by atoms with Crippen molar-refractivity contribution >= 4 is 17.3 Å². The van der Waals surface area contributed by atoms with Gasteiger partial charge in [-0.2, -0.15) is 5.10 Å². The van der Waals surface area contributed by atoms with E-state index in [1.807, 2.05) is 17.7 Å². The van der Waals surface area contributed by atoms with Gasteiger partial charge < -0.3 is 14.6 Å². The molecule has 1 atom stereocenters. The molecule has 0 radical (unpaired) electrons. The lowest BCUT2D eigenvalue weighted by molar-refractivity contribution is -0.255. The van der Waals surface area contributed by atoms with Crippen molar-refractivity contribution in [1.29, 1.82) is 0 Å². The van der Waals surface area contributed by atoms with Crippen LogP contribution >= 0.6 is 11.3 Å². The average Bonchev–Trinajstić information content (AvgIpc) is 3.06. The van der Waals surface area contributed by atoms with Crippen LogP contribution in [0.1, 0.15) is 41.7 Å². The van der Waals surface area contributed by atoms with Gasteiger partial charge in [0.25, 0.3) is 0 Å². The number of carboxylic acids is 1. The number of aryl methyl sites for hydroxylation is 1. The molecule has 2 aromatic rings. The van der Waals surface area contributed by atoms with Gasteiger partial charge in [0.15, 0.2) is 6.23 Å². The normalized spacial score (nSPS) is 19.1. The van der Waals surface area contributed by atoms with Gasteiger partial charge in [0, 0.05) is 12.0 Å². The van der Waals surface area contributed by atoms with Crippen molar-refractivity contribution < 1.29 is 14.6 Å². The van der Waals surface area contributed by atoms with Crippen LogP contribution in [0.5, 0.6) is 0 Å². The fraction of sp³-hybridized carbons (Fsp3) is 0.462. The number of carboxylic acid groups (broad SMARTS) is 1. The molecular formula is C13H14N3O3S-. The van der Waals surface area contributed by atoms with Crippen molar-refractivity contribution in [1.82, 2.24) is 14.8 Å². The molecule has 1 saturated heterocycles. The molecule has 0 N–H and O–H groups in total. The first-order valence-corrected chi connectivity index (χ1v) is 7.38. The first-order valence-electron chi connectivity index (χ1n) is 6.50. The second-order valence-electron chi connectivity index (χ2n) is 4.76. The number of thiazole rings is 1. The summed E-state index contributed by atoms with van der Waals surface area (Å²) in [5, 5.41) is 17.4. The van der Waals surface area contributed by atoms with Gasteiger partial charge in [0.2, 0.25) is 0 Å². The van der Waals surface area contributed by atoms with Crippen molar-refractivity contribution in [3.05, 3.63) is 22.8 Å². The van der Waals surface area contributed by atoms with Crippen LogP contribution in [0.2, 0.25) is 0 Å². The Kier molecular flexibility index (Phi) is 3.54. The second kappa shape index (κ2) is 5.34. The molecule has 1 fully saturated rings. The number of rotatable bonds is 3. The zero-order valence-corrected chi connectivity index (χ0v) is 11.9. The fourth-order valence-corrected chi connectivity index (χ4v) is 3.09. The van der Waals surface area contributed by atoms with Gasteiger partial charge in [-0.15, -0.1) is 11.3 Å². The Morgan fingerprint density at radius 2 is 2.40 bits per heavy atom. The Morgan fingerprint density at radius 1 is 1.55 bits per heavy atom. The highest BCUT2D eigenvalue weighted by Crippen LogP contribution is 2.30. The number of nitrogens with zero attached hydrogens (tertiary/aromatic N) is 3. The maximum Gasteiger partial charge on any atom is 0.150 e. The molecule has 0 spiro atoms. The number of carbonyl (C=O) groups excluding carboxylic acids is 1. The number of carbonyl (C=O) groups is 1. The summed E-state index contributed by atoms with van der Waals surface area (Å²) in [6.45, 7) is 2.63. The van der Waals surface area contributed by atoms with E-state index in [4.69, 9.17) is 4.74 Å². The summed E-state index contributed by atoms with van der Waals surface area (Å²) in [5.74, 6) is -1.26. The molecule has 0 aromatic carbocycles. The van der Waals surface area contributed by atoms with Gasteiger partial charge in [-0.05, 0) is 32.3 Å². The third-order valence-electron chi connectivity index (χ3n) is 3.22. The SMILES string of the molecule is Cc1cc(-c2nc(C(=O)[O-])cs2)n(C2CCCCO2)n1. The molecule has 106 valence electrons. The zero-order chi connectivity index (χ0) is 14.1. The molecule has 1 aliphatic rings. The lowest BCUT2D eigenvalue weighted by Gasteiger charge is -2.24. The molecule has 2 aromatic heterocycles. The van der Waals surface area contributed by atoms with E-state index >= 15 is 0 Å². The molecule has 7 heteroatoms. The molecule has 3 rings (SSSR count). The van der Waals surface area contributed by atoms with Crippen molar-refractivity contribution in [2.24, 2.45) is 0 Å². The number of hydrogen-bond acceptors (Lipinski definition) is 6. The highest BCUT2D eigenvalue weighted by Gasteiger charge is 2.22. The van der Waals surface area contributed by atoms with Gasteiger partial charge >= 0.3 is 0 Å². The third-order valence-corrected chi connectivity index (χ3v) is 4.08. The Morgan fingerprint density at radius 3 is 3.05 bits per heavy atom. The van der Waals surface area contributed by atoms with E-state index < -0.39 is 5.97 Å². The van der Waals surface area contributed by atoms with E-state index in [0.717, 1.165) is 37.3 Å². The second-order valence-corrected chi connectivity index (χ2v) is 5.62. The van der Waals surface area contributed by atoms with Gasteiger partial charge in [-0.25, -0.2) is 9.67 Å². The van der Waals surface area contributed by atoms with Crippen molar-refractivity contribution in [2.75, 3.05) is 6.61 Å². The van der Waals surface area contributed by atoms with Crippen LogP contribution in [-0.4, -0.2) is 27.3 Å². The summed E-state index contributed by atoms with van der Waals surface area (Å²) in [5.41, 5.74) is 1.62. The van der Waals surface area contributed by atoms with E-state index in [1.54, 1.807) is 0 Å². The summed E-state index contributed by atoms with van der Waals surface area (Å²) < 4.78 is 7.55. The first kappa shape index (κ1) is 13.3. The molecule has 0 amide bonds. The molecule has 6 nitrogen and oxygen atoms in total. The molecule has 3 heterocycles. The van der Waals surface area contributed by atoms with Crippen molar-refractivity contribution in [2.45, 2.75) is 32.4 Å². The minimum Gasteiger partial charge on any atom is -0.543 e. The van der Waals surface area contributed by atoms with E-state index in [-0.39, 0.29) is 11.9 Å². The van der Waals surface area contributed by atoms with Crippen LogP contribution in [0.25, 0.3) is 10.7 Å². The predicted molar refractivity (Wildman–Crippen MR) is 71.2 cm³/mol. The minimum atomic E-state index is -1.26. The summed E-state index contributed by atoms with van der Waals surface area (Å²) in [7, 11) is 0. The van der Waals surface area contributed by atoms with Crippen LogP contribution < -0.4 is 5.11 Å². The largest absolute Gasteiger partial charge is 0.543 e. The maximum absolute atomic E-state index is 10.8. The monoisotopic (exact) mass is 292 g/mol. The summed E-state index contributed by atoms with van der Waals surface area (Å²) in [4.78, 5) is 14.9. The fourth-order valence-electron chi connectivity index (χ4n) is 2.30. The van der Waals surface area contributed by atoms with E-state index in [0.29, 0.717) is 5.01 Å². The number of aromatic carboxylic acids is 1. The van der Waals surface area contributed by atoms with Crippen molar-refractivity contribution in [3.63, 3.8) is 0 Å². The highest BCUT2D eigenvalue weighted by molar-refractivity contribution is 7.13. The van der Waals surface area contributed by atoms with Gasteiger partial charge in [-0.1, -0.05) is 0 Å². The van der Waals surface area contributed by atoms with Gasteiger partial charge in [0.1, 0.15) is 10.7 Å². The van der Waals surface area contributed by atoms with Crippen LogP contribution in [0, 0.1) is 6.92 Å². The summed E-state index contributed by atoms with van der Waals surface area (Å²) in [6.07, 6.45) is 2.98. The lowest BCUT2D eigenvalue weighted by atomic mass is 10.2. The minimum absolute atomic E-state index is 0.0417. The zero-order valence-electron chi connectivity index (χ0n) is 11.0. The van der Waals surface area contributed by atoms with E-state index in [2.05, 4.69) is 10.1 Å². The molecule has 20 heavy (non-hydrogen) atoms. The van der Waals surface area contributed by atoms with Crippen molar-refractivity contribution in [3.8, 4) is 10.7 Å². The van der Waals surface area contributed by atoms with Gasteiger partial charge in [0.05, 0.1) is 17.4 Å². The quantitative estimate of drug-likeness (QED) is 0.853. The van der Waals surface area contributed by atoms with Crippen LogP contribution in [0.15, 0.2) is 11.4 Å². The van der Waals surface area contributed by atoms with Crippen LogP contribution in [-0.2, 0) is 4.74 Å². The maximum atomic E-state index is 10.8. The van der Waals surface area contributed by atoms with Crippen LogP contribution in [0.4, 0.5) is 0 Å². The summed E-state index contributed by atoms with van der Waals surface area (Å²) in [6, 6.07) is 1.90. The number of ether oxygens (including phenoxy) is 1.